The van der Waals surface area contributed by atoms with Crippen molar-refractivity contribution in [3.05, 3.63) is 71.8 Å². The number of benzene rings is 2. The Hall–Kier alpha value is -2.17. The predicted octanol–water partition coefficient (Wildman–Crippen LogP) is 5.11. The highest BCUT2D eigenvalue weighted by molar-refractivity contribution is 5.84. The molecule has 0 unspecified atom stereocenters. The van der Waals surface area contributed by atoms with Crippen molar-refractivity contribution in [2.75, 3.05) is 20.3 Å². The molecule has 3 heterocycles. The molecule has 4 aliphatic rings. The van der Waals surface area contributed by atoms with Crippen molar-refractivity contribution in [2.24, 2.45) is 10.8 Å². The topological polar surface area (TPSA) is 32.8 Å². The lowest BCUT2D eigenvalue weighted by Gasteiger charge is -2.51. The van der Waals surface area contributed by atoms with Gasteiger partial charge in [0.25, 0.3) is 0 Å². The first-order valence-electron chi connectivity index (χ1n) is 13.7. The van der Waals surface area contributed by atoms with Crippen LogP contribution in [0, 0.1) is 10.8 Å². The van der Waals surface area contributed by atoms with Gasteiger partial charge in [-0.25, -0.2) is 0 Å². The van der Waals surface area contributed by atoms with Crippen LogP contribution in [0.5, 0.6) is 0 Å². The third-order valence-electron chi connectivity index (χ3n) is 10.1. The lowest BCUT2D eigenvalue weighted by atomic mass is 9.64. The predicted molar refractivity (Wildman–Crippen MR) is 139 cm³/mol. The van der Waals surface area contributed by atoms with E-state index in [1.165, 1.54) is 24.0 Å². The Bertz CT molecular complexity index is 1030. The van der Waals surface area contributed by atoms with E-state index in [4.69, 9.17) is 4.74 Å². The van der Waals surface area contributed by atoms with Crippen molar-refractivity contribution >= 4 is 5.91 Å². The van der Waals surface area contributed by atoms with Gasteiger partial charge in [-0.05, 0) is 69.5 Å². The number of likely N-dealkylation sites (N-methyl/N-ethyl adjacent to an activating group) is 1. The van der Waals surface area contributed by atoms with E-state index in [2.05, 4.69) is 84.4 Å². The number of carbonyl (C=O) groups is 1. The van der Waals surface area contributed by atoms with Crippen molar-refractivity contribution < 1.29 is 9.53 Å². The molecule has 0 aromatic heterocycles. The number of nitrogens with zero attached hydrogens (tertiary/aromatic N) is 2. The number of amides is 1. The fraction of sp³-hybridized carbons (Fsp3) is 0.581. The maximum absolute atomic E-state index is 14.9. The summed E-state index contributed by atoms with van der Waals surface area (Å²) in [5.41, 5.74) is 2.50. The molecule has 5 atom stereocenters. The molecule has 4 heteroatoms. The van der Waals surface area contributed by atoms with Crippen LogP contribution in [0.25, 0.3) is 0 Å². The Labute approximate surface area is 210 Å². The molecule has 1 aliphatic carbocycles. The summed E-state index contributed by atoms with van der Waals surface area (Å²) in [6.07, 6.45) is 8.27. The molecule has 2 aromatic rings. The summed E-state index contributed by atoms with van der Waals surface area (Å²) in [7, 11) is 2.34. The Balaban J connectivity index is 1.38. The highest BCUT2D eigenvalue weighted by Gasteiger charge is 2.64. The standard InChI is InChI=1S/C31H40N2O2/c1-30-22-26-25(20-23-10-5-3-6-11-23)32(2)27(30)14-9-15-28(30)33(26)29(34)31(16-18-35-19-17-31)21-24-12-7-4-8-13-24/h3-8,10-13,25-28H,9,14-22H2,1-2H3/t25-,26+,27-,28+,30-/m1/s1. The van der Waals surface area contributed by atoms with Crippen LogP contribution in [0.3, 0.4) is 0 Å². The zero-order valence-electron chi connectivity index (χ0n) is 21.4. The summed E-state index contributed by atoms with van der Waals surface area (Å²) in [5, 5.41) is 0. The average molecular weight is 473 g/mol. The van der Waals surface area contributed by atoms with Gasteiger partial charge in [0.2, 0.25) is 5.91 Å². The largest absolute Gasteiger partial charge is 0.381 e. The normalized spacial score (nSPS) is 34.1. The lowest BCUT2D eigenvalue weighted by molar-refractivity contribution is -0.152. The first-order chi connectivity index (χ1) is 17.0. The minimum absolute atomic E-state index is 0.194. The highest BCUT2D eigenvalue weighted by Crippen LogP contribution is 2.57. The number of piperidine rings is 1. The van der Waals surface area contributed by atoms with Crippen LogP contribution in [0.4, 0.5) is 0 Å². The van der Waals surface area contributed by atoms with Crippen molar-refractivity contribution in [1.82, 2.24) is 9.80 Å². The first-order valence-corrected chi connectivity index (χ1v) is 13.7. The van der Waals surface area contributed by atoms with Crippen LogP contribution >= 0.6 is 0 Å². The van der Waals surface area contributed by atoms with Gasteiger partial charge in [-0.1, -0.05) is 67.6 Å². The van der Waals surface area contributed by atoms with E-state index in [9.17, 15) is 4.79 Å². The van der Waals surface area contributed by atoms with Crippen LogP contribution in [0.15, 0.2) is 60.7 Å². The molecule has 3 saturated heterocycles. The van der Waals surface area contributed by atoms with Gasteiger partial charge < -0.3 is 9.64 Å². The van der Waals surface area contributed by atoms with Crippen LogP contribution in [0.2, 0.25) is 0 Å². The second-order valence-electron chi connectivity index (χ2n) is 11.9. The lowest BCUT2D eigenvalue weighted by Crippen LogP contribution is -2.59. The van der Waals surface area contributed by atoms with E-state index in [1.54, 1.807) is 0 Å². The van der Waals surface area contributed by atoms with Crippen LogP contribution in [-0.2, 0) is 22.4 Å². The van der Waals surface area contributed by atoms with Gasteiger partial charge in [0.1, 0.15) is 0 Å². The Morgan fingerprint density at radius 2 is 1.57 bits per heavy atom. The van der Waals surface area contributed by atoms with Crippen LogP contribution < -0.4 is 0 Å². The number of likely N-dealkylation sites (tertiary alicyclic amines) is 2. The summed E-state index contributed by atoms with van der Waals surface area (Å²) in [6, 6.07) is 23.1. The van der Waals surface area contributed by atoms with E-state index in [1.807, 2.05) is 0 Å². The van der Waals surface area contributed by atoms with Gasteiger partial charge >= 0.3 is 0 Å². The second-order valence-corrected chi connectivity index (χ2v) is 11.9. The summed E-state index contributed by atoms with van der Waals surface area (Å²) in [5.74, 6) is 0.414. The van der Waals surface area contributed by atoms with Crippen LogP contribution in [0.1, 0.15) is 56.6 Å². The van der Waals surface area contributed by atoms with Crippen molar-refractivity contribution in [2.45, 2.75) is 82.5 Å². The summed E-state index contributed by atoms with van der Waals surface area (Å²) < 4.78 is 5.80. The molecule has 4 nitrogen and oxygen atoms in total. The van der Waals surface area contributed by atoms with Gasteiger partial charge in [0.05, 0.1) is 5.41 Å². The first kappa shape index (κ1) is 23.2. The molecule has 186 valence electrons. The minimum Gasteiger partial charge on any atom is -0.381 e. The third-order valence-corrected chi connectivity index (χ3v) is 10.1. The van der Waals surface area contributed by atoms with Gasteiger partial charge in [-0.15, -0.1) is 0 Å². The fourth-order valence-electron chi connectivity index (χ4n) is 8.30. The Morgan fingerprint density at radius 1 is 0.943 bits per heavy atom. The van der Waals surface area contributed by atoms with Gasteiger partial charge in [-0.3, -0.25) is 9.69 Å². The van der Waals surface area contributed by atoms with Gasteiger partial charge in [0.15, 0.2) is 0 Å². The molecular weight excluding hydrogens is 432 g/mol. The van der Waals surface area contributed by atoms with E-state index < -0.39 is 0 Å². The van der Waals surface area contributed by atoms with Crippen molar-refractivity contribution in [1.29, 1.82) is 0 Å². The van der Waals surface area contributed by atoms with Gasteiger partial charge in [-0.2, -0.15) is 0 Å². The highest BCUT2D eigenvalue weighted by atomic mass is 16.5. The maximum Gasteiger partial charge on any atom is 0.229 e. The average Bonchev–Trinajstić information content (AvgIpc) is 3.19. The molecule has 35 heavy (non-hydrogen) atoms. The number of hydrogen-bond donors (Lipinski definition) is 0. The molecule has 6 rings (SSSR count). The molecule has 3 aliphatic heterocycles. The molecular formula is C31H40N2O2. The number of ether oxygens (including phenoxy) is 1. The Morgan fingerprint density at radius 3 is 2.26 bits per heavy atom. The summed E-state index contributed by atoms with van der Waals surface area (Å²) in [4.78, 5) is 20.0. The quantitative estimate of drug-likeness (QED) is 0.606. The third kappa shape index (κ3) is 3.84. The summed E-state index contributed by atoms with van der Waals surface area (Å²) in [6.45, 7) is 3.87. The molecule has 1 saturated carbocycles. The molecule has 1 amide bonds. The maximum atomic E-state index is 14.9. The number of rotatable bonds is 5. The number of fused-ring (bicyclic) bond motifs is 1. The van der Waals surface area contributed by atoms with E-state index in [0.29, 0.717) is 37.2 Å². The monoisotopic (exact) mass is 472 g/mol. The molecule has 4 fully saturated rings. The van der Waals surface area contributed by atoms with E-state index in [-0.39, 0.29) is 16.9 Å². The molecule has 2 aromatic carbocycles. The molecule has 0 spiro atoms. The zero-order chi connectivity index (χ0) is 24.0. The van der Waals surface area contributed by atoms with Crippen molar-refractivity contribution in [3.8, 4) is 0 Å². The second kappa shape index (κ2) is 9.05. The van der Waals surface area contributed by atoms with E-state index >= 15 is 0 Å². The molecule has 0 N–H and O–H groups in total. The van der Waals surface area contributed by atoms with Crippen LogP contribution in [-0.4, -0.2) is 60.1 Å². The van der Waals surface area contributed by atoms with E-state index in [0.717, 1.165) is 38.5 Å². The molecule has 0 radical (unpaired) electrons. The minimum atomic E-state index is -0.351. The summed E-state index contributed by atoms with van der Waals surface area (Å²) >= 11 is 0. The SMILES string of the molecule is CN1[C@H](Cc2ccccc2)[C@@H]2C[C@@]3(C)[C@H](CCC[C@@H]13)N2C(=O)C1(Cc2ccccc2)CCOCC1. The van der Waals surface area contributed by atoms with Crippen molar-refractivity contribution in [3.63, 3.8) is 0 Å². The molecule has 2 bridgehead atoms. The number of hydrogen-bond acceptors (Lipinski definition) is 3. The Kier molecular flexibility index (Phi) is 6.01. The number of carbonyl (C=O) groups excluding carboxylic acids is 1. The van der Waals surface area contributed by atoms with Gasteiger partial charge in [0, 0.05) is 42.8 Å². The smallest absolute Gasteiger partial charge is 0.229 e. The zero-order valence-corrected chi connectivity index (χ0v) is 21.4. The fourth-order valence-corrected chi connectivity index (χ4v) is 8.30.